The zero-order valence-corrected chi connectivity index (χ0v) is 16.9. The predicted molar refractivity (Wildman–Crippen MR) is 118 cm³/mol. The van der Waals surface area contributed by atoms with Crippen molar-refractivity contribution >= 4 is 32.8 Å². The van der Waals surface area contributed by atoms with E-state index >= 15 is 0 Å². The Bertz CT molecular complexity index is 1090. The monoisotopic (exact) mass is 391 g/mol. The normalized spacial score (nSPS) is 16.1. The molecule has 1 aliphatic carbocycles. The molecule has 1 N–H and O–H groups in total. The minimum atomic E-state index is -2.73. The molecule has 1 aliphatic rings. The van der Waals surface area contributed by atoms with Crippen LogP contribution in [-0.4, -0.2) is 8.42 Å². The molecule has 4 heteroatoms. The van der Waals surface area contributed by atoms with Crippen molar-refractivity contribution in [2.75, 3.05) is 0 Å². The first-order chi connectivity index (χ1) is 13.7. The molecular weight excluding hydrogens is 366 g/mol. The maximum absolute atomic E-state index is 11.7. The van der Waals surface area contributed by atoms with Crippen LogP contribution < -0.4 is 4.72 Å². The minimum absolute atomic E-state index is 0.362. The van der Waals surface area contributed by atoms with E-state index in [2.05, 4.69) is 48.0 Å². The molecule has 1 unspecified atom stereocenters. The standard InChI is InChI=1S/C24H25NO2S/c1-2-3-5-14-20-19-15-8-12-17-13-9-16-21(22(17)19)24(25-28(26)27)23(20)18-10-6-4-7-11-18/h4,6-13,15-16,24,28H,2-3,5,14H2,1H3,(H,25,26,27). The molecule has 0 aromatic heterocycles. The Morgan fingerprint density at radius 2 is 1.64 bits per heavy atom. The molecule has 3 aromatic carbocycles. The van der Waals surface area contributed by atoms with Crippen molar-refractivity contribution in [1.82, 2.24) is 4.72 Å². The smallest absolute Gasteiger partial charge is 0.202 e. The molecule has 144 valence electrons. The Hall–Kier alpha value is -2.43. The lowest BCUT2D eigenvalue weighted by atomic mass is 9.77. The molecule has 0 spiro atoms. The highest BCUT2D eigenvalue weighted by Crippen LogP contribution is 2.47. The summed E-state index contributed by atoms with van der Waals surface area (Å²) in [7, 11) is -2.73. The van der Waals surface area contributed by atoms with E-state index in [4.69, 9.17) is 0 Å². The van der Waals surface area contributed by atoms with E-state index in [0.717, 1.165) is 47.8 Å². The molecule has 0 fully saturated rings. The van der Waals surface area contributed by atoms with Crippen molar-refractivity contribution in [3.05, 3.63) is 83.4 Å². The molecule has 0 heterocycles. The molecule has 1 atom stereocenters. The zero-order valence-electron chi connectivity index (χ0n) is 16.0. The fraction of sp³-hybridized carbons (Fsp3) is 0.250. The van der Waals surface area contributed by atoms with Gasteiger partial charge in [0, 0.05) is 0 Å². The number of benzene rings is 3. The van der Waals surface area contributed by atoms with Crippen LogP contribution in [0.15, 0.2) is 66.7 Å². The van der Waals surface area contributed by atoms with Gasteiger partial charge in [0.1, 0.15) is 0 Å². The maximum Gasteiger partial charge on any atom is 0.202 e. The van der Waals surface area contributed by atoms with Crippen LogP contribution in [-0.2, 0) is 10.9 Å². The van der Waals surface area contributed by atoms with Gasteiger partial charge in [-0.25, -0.2) is 13.1 Å². The van der Waals surface area contributed by atoms with Crippen molar-refractivity contribution in [2.45, 2.75) is 38.6 Å². The summed E-state index contributed by atoms with van der Waals surface area (Å²) < 4.78 is 26.3. The summed E-state index contributed by atoms with van der Waals surface area (Å²) in [5.41, 5.74) is 5.70. The summed E-state index contributed by atoms with van der Waals surface area (Å²) in [6.07, 6.45) is 4.36. The molecule has 0 saturated carbocycles. The summed E-state index contributed by atoms with van der Waals surface area (Å²) in [4.78, 5) is 0. The van der Waals surface area contributed by atoms with Crippen LogP contribution in [0.5, 0.6) is 0 Å². The van der Waals surface area contributed by atoms with E-state index in [1.54, 1.807) is 0 Å². The number of allylic oxidation sites excluding steroid dienone is 1. The van der Waals surface area contributed by atoms with Crippen molar-refractivity contribution in [1.29, 1.82) is 0 Å². The molecular formula is C24H25NO2S. The van der Waals surface area contributed by atoms with Crippen molar-refractivity contribution in [2.24, 2.45) is 0 Å². The van der Waals surface area contributed by atoms with E-state index in [9.17, 15) is 8.42 Å². The first kappa shape index (κ1) is 18.9. The number of hydrogen-bond donors (Lipinski definition) is 2. The first-order valence-corrected chi connectivity index (χ1v) is 11.1. The van der Waals surface area contributed by atoms with Gasteiger partial charge >= 0.3 is 0 Å². The van der Waals surface area contributed by atoms with Crippen LogP contribution in [0.4, 0.5) is 0 Å². The van der Waals surface area contributed by atoms with Crippen LogP contribution in [0, 0.1) is 0 Å². The third-order valence-corrected chi connectivity index (χ3v) is 6.01. The number of rotatable bonds is 7. The highest BCUT2D eigenvalue weighted by molar-refractivity contribution is 7.70. The second-order valence-electron chi connectivity index (χ2n) is 7.29. The fourth-order valence-corrected chi connectivity index (χ4v) is 4.84. The SMILES string of the molecule is CCCCCC1=C(c2ccccc2)C(N[SH](=O)=O)c2cccc3cccc1c23. The highest BCUT2D eigenvalue weighted by Gasteiger charge is 2.30. The second kappa shape index (κ2) is 8.29. The van der Waals surface area contributed by atoms with Crippen molar-refractivity contribution in [3.8, 4) is 0 Å². The van der Waals surface area contributed by atoms with Gasteiger partial charge < -0.3 is 0 Å². The van der Waals surface area contributed by atoms with Crippen molar-refractivity contribution in [3.63, 3.8) is 0 Å². The first-order valence-electron chi connectivity index (χ1n) is 9.91. The van der Waals surface area contributed by atoms with E-state index in [1.807, 2.05) is 30.3 Å². The molecule has 0 radical (unpaired) electrons. The third kappa shape index (κ3) is 3.50. The Morgan fingerprint density at radius 3 is 2.36 bits per heavy atom. The van der Waals surface area contributed by atoms with Crippen LogP contribution in [0.2, 0.25) is 0 Å². The van der Waals surface area contributed by atoms with Gasteiger partial charge in [0.05, 0.1) is 6.04 Å². The Balaban J connectivity index is 2.02. The lowest BCUT2D eigenvalue weighted by molar-refractivity contribution is 0.596. The second-order valence-corrected chi connectivity index (χ2v) is 8.06. The van der Waals surface area contributed by atoms with Gasteiger partial charge in [-0.2, -0.15) is 0 Å². The minimum Gasteiger partial charge on any atom is -0.215 e. The largest absolute Gasteiger partial charge is 0.215 e. The molecule has 28 heavy (non-hydrogen) atoms. The molecule has 0 aliphatic heterocycles. The third-order valence-electron chi connectivity index (χ3n) is 5.54. The fourth-order valence-electron chi connectivity index (χ4n) is 4.36. The van der Waals surface area contributed by atoms with Crippen LogP contribution in [0.25, 0.3) is 21.9 Å². The van der Waals surface area contributed by atoms with Gasteiger partial charge in [-0.05, 0) is 51.5 Å². The summed E-state index contributed by atoms with van der Waals surface area (Å²) >= 11 is 0. The number of nitrogens with one attached hydrogen (secondary N) is 1. The quantitative estimate of drug-likeness (QED) is 0.412. The summed E-state index contributed by atoms with van der Waals surface area (Å²) in [5.74, 6) is 0. The lowest BCUT2D eigenvalue weighted by Gasteiger charge is -2.31. The van der Waals surface area contributed by atoms with E-state index in [1.165, 1.54) is 16.5 Å². The Kier molecular flexibility index (Phi) is 5.60. The number of hydrogen-bond acceptors (Lipinski definition) is 2. The average Bonchev–Trinajstić information content (AvgIpc) is 2.71. The Labute approximate surface area is 168 Å². The van der Waals surface area contributed by atoms with Gasteiger partial charge in [-0.1, -0.05) is 86.5 Å². The van der Waals surface area contributed by atoms with Gasteiger partial charge in [-0.15, -0.1) is 0 Å². The average molecular weight is 392 g/mol. The van der Waals surface area contributed by atoms with Gasteiger partial charge in [-0.3, -0.25) is 0 Å². The highest BCUT2D eigenvalue weighted by atomic mass is 32.2. The van der Waals surface area contributed by atoms with Gasteiger partial charge in [0.25, 0.3) is 0 Å². The predicted octanol–water partition coefficient (Wildman–Crippen LogP) is 5.50. The molecule has 3 nitrogen and oxygen atoms in total. The topological polar surface area (TPSA) is 46.2 Å². The molecule has 0 saturated heterocycles. The molecule has 0 bridgehead atoms. The van der Waals surface area contributed by atoms with Crippen LogP contribution >= 0.6 is 0 Å². The van der Waals surface area contributed by atoms with Crippen molar-refractivity contribution < 1.29 is 8.42 Å². The lowest BCUT2D eigenvalue weighted by Crippen LogP contribution is -2.24. The summed E-state index contributed by atoms with van der Waals surface area (Å²) in [5, 5.41) is 2.33. The number of unbranched alkanes of at least 4 members (excludes halogenated alkanes) is 2. The van der Waals surface area contributed by atoms with E-state index in [0.29, 0.717) is 0 Å². The summed E-state index contributed by atoms with van der Waals surface area (Å²) in [6.45, 7) is 2.20. The van der Waals surface area contributed by atoms with Gasteiger partial charge in [0.2, 0.25) is 10.9 Å². The van der Waals surface area contributed by atoms with E-state index < -0.39 is 10.9 Å². The van der Waals surface area contributed by atoms with E-state index in [-0.39, 0.29) is 6.04 Å². The van der Waals surface area contributed by atoms with Gasteiger partial charge in [0.15, 0.2) is 0 Å². The number of thiol groups is 1. The Morgan fingerprint density at radius 1 is 0.893 bits per heavy atom. The zero-order chi connectivity index (χ0) is 19.5. The maximum atomic E-state index is 11.7. The molecule has 3 aromatic rings. The molecule has 4 rings (SSSR count). The van der Waals surface area contributed by atoms with Crippen LogP contribution in [0.3, 0.4) is 0 Å². The summed E-state index contributed by atoms with van der Waals surface area (Å²) in [6, 6.07) is 22.4. The van der Waals surface area contributed by atoms with Crippen LogP contribution in [0.1, 0.15) is 55.3 Å². The molecule has 0 amide bonds.